The third-order valence-electron chi connectivity index (χ3n) is 5.64. The van der Waals surface area contributed by atoms with Gasteiger partial charge >= 0.3 is 5.97 Å². The second kappa shape index (κ2) is 15.8. The van der Waals surface area contributed by atoms with Crippen LogP contribution in [-0.4, -0.2) is 69.6 Å². The average Bonchev–Trinajstić information content (AvgIpc) is 2.89. The van der Waals surface area contributed by atoms with Crippen LogP contribution in [0.25, 0.3) is 0 Å². The van der Waals surface area contributed by atoms with Gasteiger partial charge in [-0.15, -0.1) is 6.42 Å². The van der Waals surface area contributed by atoms with Crippen LogP contribution in [0.1, 0.15) is 25.3 Å². The van der Waals surface area contributed by atoms with Gasteiger partial charge in [0.25, 0.3) is 0 Å². The Morgan fingerprint density at radius 2 is 1.94 bits per heavy atom. The molecule has 1 heterocycles. The van der Waals surface area contributed by atoms with Crippen molar-refractivity contribution in [3.63, 3.8) is 0 Å². The molecule has 1 aliphatic heterocycles. The molecule has 1 saturated heterocycles. The number of carbonyl (C=O) groups excluding carboxylic acids is 1. The molecule has 6 nitrogen and oxygen atoms in total. The molecule has 0 spiro atoms. The summed E-state index contributed by atoms with van der Waals surface area (Å²) in [6, 6.07) is 13.9. The minimum atomic E-state index is -0.420. The lowest BCUT2D eigenvalue weighted by Crippen LogP contribution is -2.37. The molecular weight excluding hydrogens is 498 g/mol. The normalized spacial score (nSPS) is 14.7. The van der Waals surface area contributed by atoms with E-state index in [9.17, 15) is 4.79 Å². The first-order chi connectivity index (χ1) is 17.6. The van der Waals surface area contributed by atoms with E-state index < -0.39 is 5.97 Å². The molecular formula is C28H34ClNO5S. The first-order valence-corrected chi connectivity index (χ1v) is 13.5. The predicted molar refractivity (Wildman–Crippen MR) is 143 cm³/mol. The summed E-state index contributed by atoms with van der Waals surface area (Å²) < 4.78 is 21.6. The topological polar surface area (TPSA) is 57.2 Å². The molecule has 194 valence electrons. The highest BCUT2D eigenvalue weighted by molar-refractivity contribution is 7.99. The van der Waals surface area contributed by atoms with Gasteiger partial charge in [0.2, 0.25) is 0 Å². The first-order valence-electron chi connectivity index (χ1n) is 12.3. The molecule has 0 amide bonds. The summed E-state index contributed by atoms with van der Waals surface area (Å²) in [5.41, 5.74) is 1.22. The highest BCUT2D eigenvalue weighted by Gasteiger charge is 2.11. The average molecular weight is 532 g/mol. The number of hydrogen-bond donors (Lipinski definition) is 0. The Morgan fingerprint density at radius 3 is 2.64 bits per heavy atom. The standard InChI is InChI=1S/C28H34ClNO5S/c1-3-23(34-17-5-14-30-15-18-32-19-16-30)9-6-22-7-10-24(11-8-22)36-25-12-13-27(26(29)20-25)35-21-28(31)33-4-2/h1,7-8,10-13,20,23H,4-6,9,14-19,21H2,2H3. The van der Waals surface area contributed by atoms with E-state index in [4.69, 9.17) is 37.0 Å². The summed E-state index contributed by atoms with van der Waals surface area (Å²) in [7, 11) is 0. The number of morpholine rings is 1. The molecule has 0 bridgehead atoms. The van der Waals surface area contributed by atoms with Gasteiger partial charge in [-0.25, -0.2) is 4.79 Å². The number of terminal acetylenes is 1. The number of rotatable bonds is 14. The van der Waals surface area contributed by atoms with Crippen molar-refractivity contribution in [1.29, 1.82) is 0 Å². The summed E-state index contributed by atoms with van der Waals surface area (Å²) in [4.78, 5) is 15.9. The van der Waals surface area contributed by atoms with Crippen molar-refractivity contribution in [1.82, 2.24) is 4.90 Å². The van der Waals surface area contributed by atoms with Crippen LogP contribution >= 0.6 is 23.4 Å². The van der Waals surface area contributed by atoms with Crippen LogP contribution in [-0.2, 0) is 25.4 Å². The zero-order valence-corrected chi connectivity index (χ0v) is 22.3. The summed E-state index contributed by atoms with van der Waals surface area (Å²) >= 11 is 7.93. The number of benzene rings is 2. The molecule has 0 saturated carbocycles. The van der Waals surface area contributed by atoms with Gasteiger partial charge < -0.3 is 18.9 Å². The van der Waals surface area contributed by atoms with Crippen LogP contribution < -0.4 is 4.74 Å². The lowest BCUT2D eigenvalue weighted by Gasteiger charge is -2.26. The zero-order valence-electron chi connectivity index (χ0n) is 20.7. The van der Waals surface area contributed by atoms with E-state index in [1.807, 2.05) is 12.1 Å². The molecule has 0 aromatic heterocycles. The van der Waals surface area contributed by atoms with Gasteiger partial charge in [-0.05, 0) is 62.1 Å². The van der Waals surface area contributed by atoms with E-state index in [2.05, 4.69) is 35.1 Å². The molecule has 1 unspecified atom stereocenters. The van der Waals surface area contributed by atoms with Crippen LogP contribution in [0.3, 0.4) is 0 Å². The van der Waals surface area contributed by atoms with Crippen molar-refractivity contribution in [2.45, 2.75) is 42.1 Å². The fourth-order valence-electron chi connectivity index (χ4n) is 3.71. The summed E-state index contributed by atoms with van der Waals surface area (Å²) in [6.45, 7) is 7.23. The molecule has 0 aliphatic carbocycles. The van der Waals surface area contributed by atoms with Gasteiger partial charge in [0.15, 0.2) is 6.61 Å². The maximum absolute atomic E-state index is 11.5. The molecule has 8 heteroatoms. The second-order valence-corrected chi connectivity index (χ2v) is 9.86. The minimum Gasteiger partial charge on any atom is -0.480 e. The molecule has 1 fully saturated rings. The Hall–Kier alpha value is -2.21. The zero-order chi connectivity index (χ0) is 25.6. The van der Waals surface area contributed by atoms with Crippen molar-refractivity contribution in [3.05, 3.63) is 53.1 Å². The van der Waals surface area contributed by atoms with Crippen LogP contribution in [0.5, 0.6) is 5.75 Å². The smallest absolute Gasteiger partial charge is 0.344 e. The summed E-state index contributed by atoms with van der Waals surface area (Å²) in [6.07, 6.45) is 8.16. The van der Waals surface area contributed by atoms with E-state index in [1.165, 1.54) is 5.56 Å². The van der Waals surface area contributed by atoms with E-state index in [-0.39, 0.29) is 12.7 Å². The van der Waals surface area contributed by atoms with Crippen molar-refractivity contribution >= 4 is 29.3 Å². The van der Waals surface area contributed by atoms with Crippen LogP contribution in [0.15, 0.2) is 52.3 Å². The van der Waals surface area contributed by atoms with Gasteiger partial charge in [-0.3, -0.25) is 4.90 Å². The molecule has 36 heavy (non-hydrogen) atoms. The number of ether oxygens (including phenoxy) is 4. The van der Waals surface area contributed by atoms with Gasteiger partial charge in [0.05, 0.1) is 24.8 Å². The molecule has 1 atom stereocenters. The monoisotopic (exact) mass is 531 g/mol. The Labute approximate surface area is 223 Å². The Bertz CT molecular complexity index is 988. The number of aryl methyl sites for hydroxylation is 1. The summed E-state index contributed by atoms with van der Waals surface area (Å²) in [5, 5.41) is 0.450. The van der Waals surface area contributed by atoms with Gasteiger partial charge in [-0.1, -0.05) is 41.4 Å². The largest absolute Gasteiger partial charge is 0.480 e. The number of esters is 1. The molecule has 3 rings (SSSR count). The van der Waals surface area contributed by atoms with Crippen molar-refractivity contribution in [2.75, 3.05) is 52.7 Å². The quantitative estimate of drug-likeness (QED) is 0.191. The van der Waals surface area contributed by atoms with Crippen LogP contribution in [0.2, 0.25) is 5.02 Å². The van der Waals surface area contributed by atoms with Crippen LogP contribution in [0, 0.1) is 12.3 Å². The molecule has 0 N–H and O–H groups in total. The van der Waals surface area contributed by atoms with Crippen molar-refractivity contribution in [2.24, 2.45) is 0 Å². The first kappa shape index (κ1) is 28.4. The Morgan fingerprint density at radius 1 is 1.19 bits per heavy atom. The molecule has 1 aliphatic rings. The Kier molecular flexibility index (Phi) is 12.5. The van der Waals surface area contributed by atoms with E-state index in [0.717, 1.165) is 61.9 Å². The lowest BCUT2D eigenvalue weighted by atomic mass is 10.1. The fraction of sp³-hybridized carbons (Fsp3) is 0.464. The fourth-order valence-corrected chi connectivity index (χ4v) is 4.87. The third kappa shape index (κ3) is 10.0. The van der Waals surface area contributed by atoms with Gasteiger partial charge in [-0.2, -0.15) is 0 Å². The minimum absolute atomic E-state index is 0.165. The lowest BCUT2D eigenvalue weighted by molar-refractivity contribution is -0.145. The molecule has 0 radical (unpaired) electrons. The van der Waals surface area contributed by atoms with Crippen molar-refractivity contribution < 1.29 is 23.7 Å². The van der Waals surface area contributed by atoms with Gasteiger partial charge in [0, 0.05) is 36.0 Å². The number of carbonyl (C=O) groups is 1. The molecule has 2 aromatic rings. The maximum atomic E-state index is 11.5. The number of nitrogens with zero attached hydrogens (tertiary/aromatic N) is 1. The van der Waals surface area contributed by atoms with E-state index in [1.54, 1.807) is 24.8 Å². The highest BCUT2D eigenvalue weighted by atomic mass is 35.5. The van der Waals surface area contributed by atoms with Crippen molar-refractivity contribution in [3.8, 4) is 18.1 Å². The second-order valence-electron chi connectivity index (χ2n) is 8.30. The third-order valence-corrected chi connectivity index (χ3v) is 6.93. The highest BCUT2D eigenvalue weighted by Crippen LogP contribution is 2.34. The molecule has 2 aromatic carbocycles. The van der Waals surface area contributed by atoms with Gasteiger partial charge in [0.1, 0.15) is 11.9 Å². The summed E-state index contributed by atoms with van der Waals surface area (Å²) in [5.74, 6) is 2.81. The SMILES string of the molecule is C#CC(CCc1ccc(Sc2ccc(OCC(=O)OCC)c(Cl)c2)cc1)OCCCN1CCOCC1. The predicted octanol–water partition coefficient (Wildman–Crippen LogP) is 5.11. The maximum Gasteiger partial charge on any atom is 0.344 e. The number of hydrogen-bond acceptors (Lipinski definition) is 7. The van der Waals surface area contributed by atoms with Crippen LogP contribution in [0.4, 0.5) is 0 Å². The Balaban J connectivity index is 1.39. The number of halogens is 1. The van der Waals surface area contributed by atoms with E-state index in [0.29, 0.717) is 24.0 Å². The van der Waals surface area contributed by atoms with E-state index >= 15 is 0 Å².